The molecule has 1 heterocycles. The Morgan fingerprint density at radius 1 is 1.41 bits per heavy atom. The zero-order valence-corrected chi connectivity index (χ0v) is 17.8. The number of nitrogens with two attached hydrogens (primary N) is 1. The average molecular weight is 424 g/mol. The summed E-state index contributed by atoms with van der Waals surface area (Å²) >= 11 is 5.82. The van der Waals surface area contributed by atoms with Gasteiger partial charge in [0.05, 0.1) is 22.9 Å². The third-order valence-corrected chi connectivity index (χ3v) is 4.73. The highest BCUT2D eigenvalue weighted by Gasteiger charge is 2.31. The molecule has 1 unspecified atom stereocenters. The Morgan fingerprint density at radius 3 is 2.59 bits per heavy atom. The van der Waals surface area contributed by atoms with Crippen LogP contribution in [-0.2, 0) is 4.79 Å². The summed E-state index contributed by atoms with van der Waals surface area (Å²) in [6, 6.07) is 3.38. The second-order valence-corrected chi connectivity index (χ2v) is 8.44. The fourth-order valence-corrected chi connectivity index (χ4v) is 3.20. The van der Waals surface area contributed by atoms with Gasteiger partial charge in [-0.15, -0.1) is 0 Å². The van der Waals surface area contributed by atoms with Crippen molar-refractivity contribution in [2.75, 3.05) is 13.1 Å². The van der Waals surface area contributed by atoms with Gasteiger partial charge < -0.3 is 21.3 Å². The molecule has 0 aromatic heterocycles. The topological polar surface area (TPSA) is 111 Å². The molecule has 9 heteroatoms. The van der Waals surface area contributed by atoms with Crippen molar-refractivity contribution in [2.24, 2.45) is 5.73 Å². The zero-order valence-electron chi connectivity index (χ0n) is 17.0. The Bertz CT molecular complexity index is 863. The number of hydrogen-bond donors (Lipinski definition) is 4. The number of nitrogens with zero attached hydrogens (tertiary/aromatic N) is 1. The van der Waals surface area contributed by atoms with Gasteiger partial charge in [-0.2, -0.15) is 0 Å². The molecule has 29 heavy (non-hydrogen) atoms. The highest BCUT2D eigenvalue weighted by Crippen LogP contribution is 2.21. The molecule has 1 fully saturated rings. The summed E-state index contributed by atoms with van der Waals surface area (Å²) in [5.74, 6) is -1.44. The molecule has 1 aromatic rings. The van der Waals surface area contributed by atoms with Gasteiger partial charge in [-0.25, -0.2) is 9.18 Å². The van der Waals surface area contributed by atoms with E-state index in [2.05, 4.69) is 10.6 Å². The Kier molecular flexibility index (Phi) is 6.89. The Morgan fingerprint density at radius 2 is 2.07 bits per heavy atom. The molecule has 0 bridgehead atoms. The summed E-state index contributed by atoms with van der Waals surface area (Å²) < 4.78 is 13.5. The van der Waals surface area contributed by atoms with E-state index in [0.29, 0.717) is 18.7 Å². The standard InChI is InChI=1S/C20H27ClFN5O2/c1-5-12-9-27(19(29)26-20(2,3)4)10-15(25-12)16(18(24)28)17(23)11-6-7-14(22)13(21)8-11/h6-8,12,23,25H,5,9-10H2,1-4H3,(H2,24,28)(H,26,29)/b16-15+,23-17?. The molecule has 0 spiro atoms. The lowest BCUT2D eigenvalue weighted by atomic mass is 9.97. The highest BCUT2D eigenvalue weighted by atomic mass is 35.5. The summed E-state index contributed by atoms with van der Waals surface area (Å²) in [5.41, 5.74) is 5.55. The maximum Gasteiger partial charge on any atom is 0.318 e. The van der Waals surface area contributed by atoms with Crippen LogP contribution in [0.3, 0.4) is 0 Å². The minimum absolute atomic E-state index is 0.0561. The van der Waals surface area contributed by atoms with Crippen molar-refractivity contribution in [3.05, 3.63) is 45.9 Å². The molecule has 0 radical (unpaired) electrons. The van der Waals surface area contributed by atoms with E-state index >= 15 is 0 Å². The van der Waals surface area contributed by atoms with Crippen molar-refractivity contribution in [3.8, 4) is 0 Å². The summed E-state index contributed by atoms with van der Waals surface area (Å²) in [6.45, 7) is 8.13. The molecular weight excluding hydrogens is 397 g/mol. The zero-order chi connectivity index (χ0) is 21.9. The first-order valence-electron chi connectivity index (χ1n) is 9.33. The molecule has 2 rings (SSSR count). The lowest BCUT2D eigenvalue weighted by Gasteiger charge is -2.38. The Balaban J connectivity index is 2.44. The number of halogens is 2. The molecular formula is C20H27ClFN5O2. The minimum Gasteiger partial charge on any atom is -0.382 e. The van der Waals surface area contributed by atoms with E-state index in [-0.39, 0.29) is 40.5 Å². The summed E-state index contributed by atoms with van der Waals surface area (Å²) in [6.07, 6.45) is 0.699. The number of primary amides is 1. The van der Waals surface area contributed by atoms with Crippen molar-refractivity contribution >= 4 is 29.3 Å². The van der Waals surface area contributed by atoms with Crippen LogP contribution in [0.4, 0.5) is 9.18 Å². The number of piperazine rings is 1. The normalized spacial score (nSPS) is 18.7. The number of amides is 3. The number of carbonyl (C=O) groups excluding carboxylic acids is 2. The van der Waals surface area contributed by atoms with Crippen LogP contribution in [0.5, 0.6) is 0 Å². The quantitative estimate of drug-likeness (QED) is 0.441. The van der Waals surface area contributed by atoms with Crippen LogP contribution in [-0.4, -0.2) is 47.2 Å². The van der Waals surface area contributed by atoms with Crippen molar-refractivity contribution in [1.82, 2.24) is 15.5 Å². The Labute approximate surface area is 175 Å². The number of carbonyl (C=O) groups is 2. The fourth-order valence-electron chi connectivity index (χ4n) is 3.01. The van der Waals surface area contributed by atoms with Gasteiger partial charge in [-0.05, 0) is 45.4 Å². The molecule has 1 saturated heterocycles. The van der Waals surface area contributed by atoms with E-state index in [1.807, 2.05) is 27.7 Å². The fraction of sp³-hybridized carbons (Fsp3) is 0.450. The van der Waals surface area contributed by atoms with Gasteiger partial charge in [-0.1, -0.05) is 18.5 Å². The van der Waals surface area contributed by atoms with E-state index in [0.717, 1.165) is 6.07 Å². The van der Waals surface area contributed by atoms with Crippen LogP contribution in [0.15, 0.2) is 29.5 Å². The van der Waals surface area contributed by atoms with E-state index in [4.69, 9.17) is 22.7 Å². The van der Waals surface area contributed by atoms with Crippen LogP contribution < -0.4 is 16.4 Å². The van der Waals surface area contributed by atoms with Crippen molar-refractivity contribution in [1.29, 1.82) is 5.41 Å². The van der Waals surface area contributed by atoms with Gasteiger partial charge >= 0.3 is 6.03 Å². The summed E-state index contributed by atoms with van der Waals surface area (Å²) in [7, 11) is 0. The molecule has 0 aliphatic carbocycles. The Hall–Kier alpha value is -2.61. The van der Waals surface area contributed by atoms with Crippen molar-refractivity contribution in [3.63, 3.8) is 0 Å². The maximum atomic E-state index is 13.5. The number of benzene rings is 1. The number of urea groups is 1. The van der Waals surface area contributed by atoms with Crippen LogP contribution >= 0.6 is 11.6 Å². The molecule has 3 amide bonds. The van der Waals surface area contributed by atoms with Crippen molar-refractivity contribution in [2.45, 2.75) is 45.7 Å². The minimum atomic E-state index is -0.814. The molecule has 5 N–H and O–H groups in total. The predicted octanol–water partition coefficient (Wildman–Crippen LogP) is 2.78. The molecule has 0 saturated carbocycles. The number of hydrogen-bond acceptors (Lipinski definition) is 4. The van der Waals surface area contributed by atoms with Crippen LogP contribution in [0.25, 0.3) is 0 Å². The second-order valence-electron chi connectivity index (χ2n) is 8.03. The summed E-state index contributed by atoms with van der Waals surface area (Å²) in [4.78, 5) is 26.5. The first kappa shape index (κ1) is 22.7. The largest absolute Gasteiger partial charge is 0.382 e. The van der Waals surface area contributed by atoms with Crippen molar-refractivity contribution < 1.29 is 14.0 Å². The van der Waals surface area contributed by atoms with Crippen LogP contribution in [0, 0.1) is 11.2 Å². The van der Waals surface area contributed by atoms with Crippen LogP contribution in [0.1, 0.15) is 39.7 Å². The van der Waals surface area contributed by atoms with Gasteiger partial charge in [0.2, 0.25) is 0 Å². The van der Waals surface area contributed by atoms with E-state index in [9.17, 15) is 14.0 Å². The summed E-state index contributed by atoms with van der Waals surface area (Å²) in [5, 5.41) is 14.4. The van der Waals surface area contributed by atoms with E-state index in [1.165, 1.54) is 12.1 Å². The lowest BCUT2D eigenvalue weighted by Crippen LogP contribution is -2.57. The first-order valence-corrected chi connectivity index (χ1v) is 9.71. The molecule has 1 aliphatic rings. The van der Waals surface area contributed by atoms with Crippen LogP contribution in [0.2, 0.25) is 5.02 Å². The average Bonchev–Trinajstić information content (AvgIpc) is 2.62. The van der Waals surface area contributed by atoms with Gasteiger partial charge in [0, 0.05) is 29.4 Å². The van der Waals surface area contributed by atoms with Gasteiger partial charge in [0.25, 0.3) is 5.91 Å². The molecule has 1 atom stereocenters. The second kappa shape index (κ2) is 8.82. The monoisotopic (exact) mass is 423 g/mol. The highest BCUT2D eigenvalue weighted by molar-refractivity contribution is 6.32. The van der Waals surface area contributed by atoms with E-state index in [1.54, 1.807) is 4.90 Å². The lowest BCUT2D eigenvalue weighted by molar-refractivity contribution is -0.114. The number of nitrogens with one attached hydrogen (secondary N) is 3. The molecule has 7 nitrogen and oxygen atoms in total. The molecule has 158 valence electrons. The first-order chi connectivity index (χ1) is 13.4. The van der Waals surface area contributed by atoms with Gasteiger partial charge in [-0.3, -0.25) is 10.2 Å². The SMILES string of the molecule is CCC1CN(C(=O)NC(C)(C)C)C/C(=C(/C(=N)c2ccc(F)c(Cl)c2)C(N)=O)N1. The molecule has 1 aromatic carbocycles. The van der Waals surface area contributed by atoms with E-state index < -0.39 is 17.3 Å². The predicted molar refractivity (Wildman–Crippen MR) is 112 cm³/mol. The number of rotatable bonds is 4. The van der Waals surface area contributed by atoms with Gasteiger partial charge in [0.15, 0.2) is 0 Å². The molecule has 1 aliphatic heterocycles. The van der Waals surface area contributed by atoms with Gasteiger partial charge in [0.1, 0.15) is 5.82 Å². The third-order valence-electron chi connectivity index (χ3n) is 4.44. The maximum absolute atomic E-state index is 13.5. The smallest absolute Gasteiger partial charge is 0.318 e. The third kappa shape index (κ3) is 5.69.